The smallest absolute Gasteiger partial charge is 0.255 e. The van der Waals surface area contributed by atoms with Crippen LogP contribution in [0.1, 0.15) is 19.7 Å². The summed E-state index contributed by atoms with van der Waals surface area (Å²) in [5.74, 6) is 2.83. The molecular weight excluding hydrogens is 424 g/mol. The van der Waals surface area contributed by atoms with Crippen LogP contribution in [0.5, 0.6) is 17.2 Å². The standard InChI is InChI=1S/C24H26N4O5/c1-5-21-26-27-23(33-21)22-18(29-3)8-15(9-19(22)30-4)17-11-25-20-10-16(6-7-28(17)20)32-14-24(2)12-31-13-24/h6-11H,5,12-14H2,1-4H3. The number of fused-ring (bicyclic) bond motifs is 1. The van der Waals surface area contributed by atoms with Gasteiger partial charge in [-0.25, -0.2) is 4.98 Å². The largest absolute Gasteiger partial charge is 0.496 e. The maximum atomic E-state index is 5.99. The number of ether oxygens (including phenoxy) is 4. The summed E-state index contributed by atoms with van der Waals surface area (Å²) in [5.41, 5.74) is 3.25. The van der Waals surface area contributed by atoms with Gasteiger partial charge in [0, 0.05) is 29.7 Å². The van der Waals surface area contributed by atoms with Crippen LogP contribution in [0.25, 0.3) is 28.4 Å². The van der Waals surface area contributed by atoms with Crippen molar-refractivity contribution in [3.8, 4) is 40.0 Å². The zero-order valence-electron chi connectivity index (χ0n) is 19.1. The van der Waals surface area contributed by atoms with Gasteiger partial charge in [0.15, 0.2) is 0 Å². The second-order valence-electron chi connectivity index (χ2n) is 8.44. The molecule has 0 N–H and O–H groups in total. The number of imidazole rings is 1. The first kappa shape index (κ1) is 21.3. The molecule has 4 aromatic rings. The number of hydrogen-bond donors (Lipinski definition) is 0. The minimum absolute atomic E-state index is 0.0812. The summed E-state index contributed by atoms with van der Waals surface area (Å²) in [6.07, 6.45) is 4.41. The van der Waals surface area contributed by atoms with E-state index < -0.39 is 0 Å². The molecule has 0 amide bonds. The molecule has 1 aromatic carbocycles. The highest BCUT2D eigenvalue weighted by Gasteiger charge is 2.34. The molecule has 5 rings (SSSR count). The van der Waals surface area contributed by atoms with E-state index in [0.717, 1.165) is 35.9 Å². The van der Waals surface area contributed by atoms with Crippen LogP contribution in [0.3, 0.4) is 0 Å². The van der Waals surface area contributed by atoms with Gasteiger partial charge in [-0.2, -0.15) is 0 Å². The number of benzene rings is 1. The van der Waals surface area contributed by atoms with Crippen molar-refractivity contribution in [3.05, 3.63) is 42.5 Å². The van der Waals surface area contributed by atoms with E-state index in [2.05, 4.69) is 22.1 Å². The Labute approximate surface area is 191 Å². The lowest BCUT2D eigenvalue weighted by atomic mass is 9.90. The molecular formula is C24H26N4O5. The summed E-state index contributed by atoms with van der Waals surface area (Å²) >= 11 is 0. The van der Waals surface area contributed by atoms with E-state index in [1.807, 2.05) is 48.0 Å². The van der Waals surface area contributed by atoms with Crippen LogP contribution in [0.2, 0.25) is 0 Å². The average Bonchev–Trinajstić information content (AvgIpc) is 3.47. The highest BCUT2D eigenvalue weighted by molar-refractivity contribution is 5.78. The maximum absolute atomic E-state index is 5.99. The minimum atomic E-state index is 0.0812. The molecule has 33 heavy (non-hydrogen) atoms. The molecule has 0 spiro atoms. The third kappa shape index (κ3) is 3.89. The van der Waals surface area contributed by atoms with Crippen LogP contribution in [0.15, 0.2) is 41.1 Å². The van der Waals surface area contributed by atoms with Crippen LogP contribution in [0.4, 0.5) is 0 Å². The van der Waals surface area contributed by atoms with Crippen LogP contribution < -0.4 is 14.2 Å². The van der Waals surface area contributed by atoms with Crippen molar-refractivity contribution in [2.24, 2.45) is 5.41 Å². The molecule has 0 radical (unpaired) electrons. The number of pyridine rings is 1. The van der Waals surface area contributed by atoms with Gasteiger partial charge in [0.1, 0.15) is 28.5 Å². The summed E-state index contributed by atoms with van der Waals surface area (Å²) in [6, 6.07) is 7.70. The predicted molar refractivity (Wildman–Crippen MR) is 121 cm³/mol. The molecule has 0 atom stereocenters. The van der Waals surface area contributed by atoms with Crippen LogP contribution in [-0.4, -0.2) is 53.6 Å². The van der Waals surface area contributed by atoms with Gasteiger partial charge in [-0.1, -0.05) is 13.8 Å². The summed E-state index contributed by atoms with van der Waals surface area (Å²) < 4.78 is 30.4. The van der Waals surface area contributed by atoms with Gasteiger partial charge >= 0.3 is 0 Å². The Kier molecular flexibility index (Phi) is 5.41. The van der Waals surface area contributed by atoms with Gasteiger partial charge < -0.3 is 23.4 Å². The Morgan fingerprint density at radius 2 is 1.85 bits per heavy atom. The molecule has 9 heteroatoms. The Bertz CT molecular complexity index is 1270. The highest BCUT2D eigenvalue weighted by Crippen LogP contribution is 2.41. The van der Waals surface area contributed by atoms with Crippen molar-refractivity contribution in [1.82, 2.24) is 19.6 Å². The van der Waals surface area contributed by atoms with E-state index >= 15 is 0 Å². The maximum Gasteiger partial charge on any atom is 0.255 e. The van der Waals surface area contributed by atoms with E-state index in [1.54, 1.807) is 14.2 Å². The second kappa shape index (κ2) is 8.40. The average molecular weight is 450 g/mol. The van der Waals surface area contributed by atoms with E-state index in [9.17, 15) is 0 Å². The van der Waals surface area contributed by atoms with Gasteiger partial charge in [0.05, 0.1) is 45.9 Å². The lowest BCUT2D eigenvalue weighted by Gasteiger charge is -2.37. The predicted octanol–water partition coefficient (Wildman–Crippen LogP) is 4.05. The first-order chi connectivity index (χ1) is 16.0. The van der Waals surface area contributed by atoms with Crippen LogP contribution in [0, 0.1) is 5.41 Å². The van der Waals surface area contributed by atoms with Crippen LogP contribution in [-0.2, 0) is 11.2 Å². The van der Waals surface area contributed by atoms with Crippen molar-refractivity contribution in [2.45, 2.75) is 20.3 Å². The molecule has 1 aliphatic rings. The Hall–Kier alpha value is -3.59. The first-order valence-corrected chi connectivity index (χ1v) is 10.8. The van der Waals surface area contributed by atoms with Crippen molar-refractivity contribution in [2.75, 3.05) is 34.0 Å². The summed E-state index contributed by atoms with van der Waals surface area (Å²) in [6.45, 7) is 6.18. The molecule has 0 saturated carbocycles. The lowest BCUT2D eigenvalue weighted by molar-refractivity contribution is -0.120. The summed E-state index contributed by atoms with van der Waals surface area (Å²) in [4.78, 5) is 4.58. The summed E-state index contributed by atoms with van der Waals surface area (Å²) in [5, 5.41) is 8.22. The molecule has 172 valence electrons. The summed E-state index contributed by atoms with van der Waals surface area (Å²) in [7, 11) is 3.20. The quantitative estimate of drug-likeness (QED) is 0.397. The third-order valence-electron chi connectivity index (χ3n) is 5.76. The lowest BCUT2D eigenvalue weighted by Crippen LogP contribution is -2.44. The monoisotopic (exact) mass is 450 g/mol. The fourth-order valence-electron chi connectivity index (χ4n) is 3.82. The number of rotatable bonds is 8. The Morgan fingerprint density at radius 3 is 2.45 bits per heavy atom. The fourth-order valence-corrected chi connectivity index (χ4v) is 3.82. The van der Waals surface area contributed by atoms with Gasteiger partial charge in [-0.05, 0) is 18.2 Å². The Balaban J connectivity index is 1.50. The molecule has 0 bridgehead atoms. The van der Waals surface area contributed by atoms with Gasteiger partial charge in [-0.15, -0.1) is 10.2 Å². The zero-order valence-corrected chi connectivity index (χ0v) is 19.1. The molecule has 1 fully saturated rings. The molecule has 9 nitrogen and oxygen atoms in total. The number of aryl methyl sites for hydroxylation is 1. The first-order valence-electron chi connectivity index (χ1n) is 10.8. The number of nitrogens with zero attached hydrogens (tertiary/aromatic N) is 4. The molecule has 0 aliphatic carbocycles. The van der Waals surface area contributed by atoms with E-state index in [4.69, 9.17) is 23.4 Å². The van der Waals surface area contributed by atoms with Crippen molar-refractivity contribution in [1.29, 1.82) is 0 Å². The van der Waals surface area contributed by atoms with E-state index in [1.165, 1.54) is 0 Å². The van der Waals surface area contributed by atoms with Gasteiger partial charge in [0.25, 0.3) is 5.89 Å². The minimum Gasteiger partial charge on any atom is -0.496 e. The molecule has 4 heterocycles. The molecule has 1 saturated heterocycles. The number of methoxy groups -OCH3 is 2. The number of aromatic nitrogens is 4. The SMILES string of the molecule is CCc1nnc(-c2c(OC)cc(-c3cnc4cc(OCC5(C)COC5)ccn34)cc2OC)o1. The third-order valence-corrected chi connectivity index (χ3v) is 5.76. The van der Waals surface area contributed by atoms with Crippen molar-refractivity contribution < 1.29 is 23.4 Å². The van der Waals surface area contributed by atoms with E-state index in [0.29, 0.717) is 41.9 Å². The Morgan fingerprint density at radius 1 is 1.09 bits per heavy atom. The zero-order chi connectivity index (χ0) is 23.0. The van der Waals surface area contributed by atoms with Gasteiger partial charge in [-0.3, -0.25) is 4.40 Å². The molecule has 1 aliphatic heterocycles. The number of hydrogen-bond acceptors (Lipinski definition) is 8. The molecule has 3 aromatic heterocycles. The topological polar surface area (TPSA) is 93.1 Å². The molecule has 0 unspecified atom stereocenters. The normalized spacial score (nSPS) is 14.8. The van der Waals surface area contributed by atoms with Crippen molar-refractivity contribution in [3.63, 3.8) is 0 Å². The highest BCUT2D eigenvalue weighted by atomic mass is 16.5. The van der Waals surface area contributed by atoms with Gasteiger partial charge in [0.2, 0.25) is 5.89 Å². The van der Waals surface area contributed by atoms with E-state index in [-0.39, 0.29) is 5.41 Å². The van der Waals surface area contributed by atoms with Crippen molar-refractivity contribution >= 4 is 5.65 Å². The second-order valence-corrected chi connectivity index (χ2v) is 8.44. The fraction of sp³-hybridized carbons (Fsp3) is 0.375. The van der Waals surface area contributed by atoms with Crippen LogP contribution >= 0.6 is 0 Å².